The normalized spacial score (nSPS) is 20.1. The van der Waals surface area contributed by atoms with Crippen LogP contribution in [0.1, 0.15) is 30.6 Å². The highest BCUT2D eigenvalue weighted by atomic mass is 32.1. The van der Waals surface area contributed by atoms with Gasteiger partial charge >= 0.3 is 0 Å². The average Bonchev–Trinajstić information content (AvgIpc) is 3.33. The van der Waals surface area contributed by atoms with Gasteiger partial charge in [-0.25, -0.2) is 18.7 Å². The van der Waals surface area contributed by atoms with E-state index in [9.17, 15) is 8.78 Å². The van der Waals surface area contributed by atoms with Crippen molar-refractivity contribution in [3.8, 4) is 0 Å². The third kappa shape index (κ3) is 2.96. The molecule has 4 heterocycles. The Morgan fingerprint density at radius 3 is 3.00 bits per heavy atom. The first-order chi connectivity index (χ1) is 13.6. The first-order valence-corrected chi connectivity index (χ1v) is 10.9. The molecule has 5 rings (SSSR count). The SMILES string of the molecule is C[C@H]1NCCC[C@H]1c1cc2c(Nc3ccc4scnc4c3F)c(F)cnc2s1. The van der Waals surface area contributed by atoms with Crippen LogP contribution in [0.15, 0.2) is 29.9 Å². The minimum absolute atomic E-state index is 0.213. The number of nitrogens with one attached hydrogen (secondary N) is 2. The van der Waals surface area contributed by atoms with E-state index in [1.54, 1.807) is 29.0 Å². The summed E-state index contributed by atoms with van der Waals surface area (Å²) in [6, 6.07) is 5.80. The second kappa shape index (κ2) is 7.02. The van der Waals surface area contributed by atoms with Gasteiger partial charge in [0.15, 0.2) is 11.6 Å². The van der Waals surface area contributed by atoms with Crippen molar-refractivity contribution in [3.63, 3.8) is 0 Å². The Bertz CT molecular complexity index is 1170. The lowest BCUT2D eigenvalue weighted by Gasteiger charge is -2.29. The molecule has 1 aromatic carbocycles. The maximum absolute atomic E-state index is 14.8. The van der Waals surface area contributed by atoms with E-state index in [4.69, 9.17) is 0 Å². The summed E-state index contributed by atoms with van der Waals surface area (Å²) in [5, 5.41) is 7.15. The van der Waals surface area contributed by atoms with Crippen LogP contribution in [0.2, 0.25) is 0 Å². The molecule has 0 bridgehead atoms. The number of halogens is 2. The molecule has 0 spiro atoms. The molecule has 0 aliphatic carbocycles. The molecule has 2 atom stereocenters. The lowest BCUT2D eigenvalue weighted by molar-refractivity contribution is 0.375. The summed E-state index contributed by atoms with van der Waals surface area (Å²) in [5.74, 6) is -0.583. The molecule has 1 fully saturated rings. The first-order valence-electron chi connectivity index (χ1n) is 9.22. The Balaban J connectivity index is 1.58. The molecule has 1 aliphatic heterocycles. The van der Waals surface area contributed by atoms with Gasteiger partial charge in [0.05, 0.1) is 27.8 Å². The quantitative estimate of drug-likeness (QED) is 0.444. The largest absolute Gasteiger partial charge is 0.350 e. The molecule has 0 saturated carbocycles. The standard InChI is InChI=1S/C20H18F2N4S2/c1-10-11(3-2-6-23-10)16-7-12-18(13(21)8-24-20(12)28-16)26-14-4-5-15-19(17(14)22)25-9-27-15/h4-5,7-11,23H,2-3,6H2,1H3,(H,24,26)/t10-,11-/m1/s1. The third-order valence-electron chi connectivity index (χ3n) is 5.36. The van der Waals surface area contributed by atoms with Crippen molar-refractivity contribution in [3.05, 3.63) is 46.4 Å². The van der Waals surface area contributed by atoms with E-state index in [1.165, 1.54) is 22.4 Å². The Morgan fingerprint density at radius 2 is 2.14 bits per heavy atom. The Kier molecular flexibility index (Phi) is 4.49. The lowest BCUT2D eigenvalue weighted by Crippen LogP contribution is -2.37. The zero-order valence-corrected chi connectivity index (χ0v) is 16.8. The van der Waals surface area contributed by atoms with Gasteiger partial charge in [-0.2, -0.15) is 0 Å². The molecule has 3 aromatic heterocycles. The molecule has 28 heavy (non-hydrogen) atoms. The van der Waals surface area contributed by atoms with Gasteiger partial charge in [0.2, 0.25) is 0 Å². The number of nitrogens with zero attached hydrogens (tertiary/aromatic N) is 2. The first kappa shape index (κ1) is 17.9. The van der Waals surface area contributed by atoms with Gasteiger partial charge in [0, 0.05) is 22.2 Å². The van der Waals surface area contributed by atoms with Crippen LogP contribution >= 0.6 is 22.7 Å². The summed E-state index contributed by atoms with van der Waals surface area (Å²) in [7, 11) is 0. The van der Waals surface area contributed by atoms with E-state index in [-0.39, 0.29) is 11.4 Å². The number of piperidine rings is 1. The second-order valence-corrected chi connectivity index (χ2v) is 9.04. The Hall–Kier alpha value is -2.16. The van der Waals surface area contributed by atoms with Gasteiger partial charge in [-0.1, -0.05) is 0 Å². The highest BCUT2D eigenvalue weighted by molar-refractivity contribution is 7.18. The van der Waals surface area contributed by atoms with Crippen LogP contribution in [0, 0.1) is 11.6 Å². The number of thiophene rings is 1. The number of thiazole rings is 1. The highest BCUT2D eigenvalue weighted by Gasteiger charge is 2.25. The van der Waals surface area contributed by atoms with Gasteiger partial charge in [0.1, 0.15) is 10.3 Å². The van der Waals surface area contributed by atoms with Crippen LogP contribution in [0.3, 0.4) is 0 Å². The van der Waals surface area contributed by atoms with Crippen LogP contribution in [-0.4, -0.2) is 22.6 Å². The number of hydrogen-bond acceptors (Lipinski definition) is 6. The van der Waals surface area contributed by atoms with E-state index < -0.39 is 11.6 Å². The summed E-state index contributed by atoms with van der Waals surface area (Å²) in [6.07, 6.45) is 3.42. The summed E-state index contributed by atoms with van der Waals surface area (Å²) in [5.41, 5.74) is 2.38. The number of anilines is 2. The molecule has 0 unspecified atom stereocenters. The van der Waals surface area contributed by atoms with Crippen LogP contribution in [0.25, 0.3) is 20.4 Å². The van der Waals surface area contributed by atoms with Crippen LogP contribution in [0.4, 0.5) is 20.2 Å². The van der Waals surface area contributed by atoms with E-state index in [2.05, 4.69) is 27.5 Å². The maximum atomic E-state index is 14.8. The fourth-order valence-electron chi connectivity index (χ4n) is 3.86. The van der Waals surface area contributed by atoms with Crippen molar-refractivity contribution in [2.45, 2.75) is 31.7 Å². The number of aromatic nitrogens is 2. The smallest absolute Gasteiger partial charge is 0.173 e. The van der Waals surface area contributed by atoms with Crippen molar-refractivity contribution in [2.24, 2.45) is 0 Å². The van der Waals surface area contributed by atoms with Crippen molar-refractivity contribution < 1.29 is 8.78 Å². The van der Waals surface area contributed by atoms with Crippen LogP contribution in [-0.2, 0) is 0 Å². The molecule has 0 radical (unpaired) electrons. The minimum atomic E-state index is -0.496. The molecule has 0 amide bonds. The van der Waals surface area contributed by atoms with Gasteiger partial charge in [-0.05, 0) is 44.5 Å². The molecule has 4 aromatic rings. The number of pyridine rings is 1. The topological polar surface area (TPSA) is 49.8 Å². The summed E-state index contributed by atoms with van der Waals surface area (Å²) < 4.78 is 30.2. The van der Waals surface area contributed by atoms with Gasteiger partial charge in [-0.15, -0.1) is 22.7 Å². The molecule has 1 aliphatic rings. The van der Waals surface area contributed by atoms with Gasteiger partial charge in [0.25, 0.3) is 0 Å². The van der Waals surface area contributed by atoms with Crippen molar-refractivity contribution in [1.29, 1.82) is 0 Å². The van der Waals surface area contributed by atoms with Crippen LogP contribution < -0.4 is 10.6 Å². The maximum Gasteiger partial charge on any atom is 0.173 e. The van der Waals surface area contributed by atoms with E-state index >= 15 is 0 Å². The van der Waals surface area contributed by atoms with Crippen molar-refractivity contribution in [2.75, 3.05) is 11.9 Å². The summed E-state index contributed by atoms with van der Waals surface area (Å²) >= 11 is 2.96. The zero-order valence-electron chi connectivity index (χ0n) is 15.1. The zero-order chi connectivity index (χ0) is 19.3. The summed E-state index contributed by atoms with van der Waals surface area (Å²) in [4.78, 5) is 10.3. The second-order valence-electron chi connectivity index (χ2n) is 7.09. The molecular formula is C20H18F2N4S2. The number of benzene rings is 1. The Morgan fingerprint density at radius 1 is 1.25 bits per heavy atom. The lowest BCUT2D eigenvalue weighted by atomic mass is 9.90. The summed E-state index contributed by atoms with van der Waals surface area (Å²) in [6.45, 7) is 3.21. The highest BCUT2D eigenvalue weighted by Crippen LogP contribution is 2.40. The monoisotopic (exact) mass is 416 g/mol. The third-order valence-corrected chi connectivity index (χ3v) is 7.33. The predicted molar refractivity (Wildman–Crippen MR) is 112 cm³/mol. The molecule has 144 valence electrons. The number of hydrogen-bond donors (Lipinski definition) is 2. The average molecular weight is 417 g/mol. The van der Waals surface area contributed by atoms with E-state index in [0.29, 0.717) is 22.9 Å². The van der Waals surface area contributed by atoms with Gasteiger partial charge in [-0.3, -0.25) is 0 Å². The van der Waals surface area contributed by atoms with Crippen LogP contribution in [0.5, 0.6) is 0 Å². The Labute approximate surface area is 168 Å². The van der Waals surface area contributed by atoms with E-state index in [1.807, 2.05) is 6.07 Å². The van der Waals surface area contributed by atoms with E-state index in [0.717, 1.165) is 28.9 Å². The van der Waals surface area contributed by atoms with Crippen molar-refractivity contribution in [1.82, 2.24) is 15.3 Å². The fourth-order valence-corrected chi connectivity index (χ4v) is 5.78. The number of rotatable bonds is 3. The van der Waals surface area contributed by atoms with Crippen molar-refractivity contribution >= 4 is 54.5 Å². The minimum Gasteiger partial charge on any atom is -0.350 e. The fraction of sp³-hybridized carbons (Fsp3) is 0.300. The molecule has 8 heteroatoms. The predicted octanol–water partition coefficient (Wildman–Crippen LogP) is 5.78. The molecule has 2 N–H and O–H groups in total. The molecule has 4 nitrogen and oxygen atoms in total. The number of fused-ring (bicyclic) bond motifs is 2. The molecule has 1 saturated heterocycles. The van der Waals surface area contributed by atoms with Gasteiger partial charge < -0.3 is 10.6 Å². The molecular weight excluding hydrogens is 398 g/mol.